The average Bonchev–Trinajstić information content (AvgIpc) is 2.96. The number of carbonyl (C=O) groups is 1. The van der Waals surface area contributed by atoms with Gasteiger partial charge in [0, 0.05) is 18.3 Å². The molecular formula is C17H27N3O2. The lowest BCUT2D eigenvalue weighted by atomic mass is 9.99. The van der Waals surface area contributed by atoms with Gasteiger partial charge in [0.15, 0.2) is 0 Å². The van der Waals surface area contributed by atoms with Crippen LogP contribution >= 0.6 is 0 Å². The number of nitrogens with zero attached hydrogens (tertiary/aromatic N) is 1. The average molecular weight is 305 g/mol. The number of carbonyl (C=O) groups excluding carboxylic acids is 1. The number of nitrogens with two attached hydrogens (primary N) is 1. The predicted molar refractivity (Wildman–Crippen MR) is 89.2 cm³/mol. The number of nitrogens with one attached hydrogen (secondary N) is 1. The highest BCUT2D eigenvalue weighted by Crippen LogP contribution is 2.30. The largest absolute Gasteiger partial charge is 0.507 e. The standard InChI is InChI=1S/C17H27N3O2/c1-4-12-9-14(18)11(3)15(16(12)21)17(22)19-10-13-7-6-8-20(13)5-2/h9,13,21H,4-8,10,18H2,1-3H3,(H,19,22). The fraction of sp³-hybridized carbons (Fsp3) is 0.588. The maximum Gasteiger partial charge on any atom is 0.255 e. The molecule has 0 aromatic heterocycles. The summed E-state index contributed by atoms with van der Waals surface area (Å²) in [5, 5.41) is 13.3. The molecule has 2 rings (SSSR count). The number of phenolic OH excluding ortho intramolecular Hbond substituents is 1. The number of hydrogen-bond donors (Lipinski definition) is 3. The lowest BCUT2D eigenvalue weighted by Crippen LogP contribution is -2.40. The van der Waals surface area contributed by atoms with Gasteiger partial charge in [-0.1, -0.05) is 13.8 Å². The van der Waals surface area contributed by atoms with Crippen molar-refractivity contribution in [2.24, 2.45) is 0 Å². The molecule has 1 aliphatic heterocycles. The van der Waals surface area contributed by atoms with Gasteiger partial charge in [-0.2, -0.15) is 0 Å². The molecule has 1 unspecified atom stereocenters. The third-order valence-corrected chi connectivity index (χ3v) is 4.69. The molecule has 1 saturated heterocycles. The van der Waals surface area contributed by atoms with Crippen LogP contribution in [-0.4, -0.2) is 41.6 Å². The predicted octanol–water partition coefficient (Wildman–Crippen LogP) is 2.06. The summed E-state index contributed by atoms with van der Waals surface area (Å²) in [6.45, 7) is 8.56. The molecule has 0 spiro atoms. The van der Waals surface area contributed by atoms with Crippen LogP contribution in [0.1, 0.15) is 48.2 Å². The van der Waals surface area contributed by atoms with Crippen LogP contribution < -0.4 is 11.1 Å². The van der Waals surface area contributed by atoms with Crippen LogP contribution in [0.4, 0.5) is 5.69 Å². The van der Waals surface area contributed by atoms with Gasteiger partial charge in [-0.25, -0.2) is 0 Å². The molecule has 0 bridgehead atoms. The molecule has 4 N–H and O–H groups in total. The second-order valence-corrected chi connectivity index (χ2v) is 5.96. The normalized spacial score (nSPS) is 18.6. The molecule has 5 nitrogen and oxygen atoms in total. The number of amides is 1. The van der Waals surface area contributed by atoms with Crippen molar-refractivity contribution in [3.63, 3.8) is 0 Å². The highest BCUT2D eigenvalue weighted by Gasteiger charge is 2.25. The van der Waals surface area contributed by atoms with Crippen LogP contribution in [-0.2, 0) is 6.42 Å². The van der Waals surface area contributed by atoms with Gasteiger partial charge in [0.2, 0.25) is 0 Å². The molecule has 22 heavy (non-hydrogen) atoms. The van der Waals surface area contributed by atoms with E-state index in [1.54, 1.807) is 13.0 Å². The summed E-state index contributed by atoms with van der Waals surface area (Å²) in [4.78, 5) is 14.9. The third kappa shape index (κ3) is 3.19. The molecule has 0 radical (unpaired) electrons. The molecule has 122 valence electrons. The van der Waals surface area contributed by atoms with Crippen molar-refractivity contribution in [1.82, 2.24) is 10.2 Å². The zero-order chi connectivity index (χ0) is 16.3. The number of rotatable bonds is 5. The van der Waals surface area contributed by atoms with Gasteiger partial charge in [-0.05, 0) is 56.5 Å². The number of benzene rings is 1. The number of likely N-dealkylation sites (tertiary alicyclic amines) is 1. The molecule has 1 heterocycles. The van der Waals surface area contributed by atoms with Crippen molar-refractivity contribution in [3.8, 4) is 5.75 Å². The molecule has 1 aromatic carbocycles. The first-order valence-electron chi connectivity index (χ1n) is 8.12. The summed E-state index contributed by atoms with van der Waals surface area (Å²) in [5.41, 5.74) is 8.19. The van der Waals surface area contributed by atoms with E-state index in [0.29, 0.717) is 41.4 Å². The van der Waals surface area contributed by atoms with E-state index in [9.17, 15) is 9.90 Å². The van der Waals surface area contributed by atoms with E-state index < -0.39 is 0 Å². The summed E-state index contributed by atoms with van der Waals surface area (Å²) < 4.78 is 0. The Hall–Kier alpha value is -1.75. The molecular weight excluding hydrogens is 278 g/mol. The number of aromatic hydroxyl groups is 1. The first-order valence-corrected chi connectivity index (χ1v) is 8.12. The van der Waals surface area contributed by atoms with Crippen molar-refractivity contribution in [2.45, 2.75) is 46.1 Å². The molecule has 1 amide bonds. The van der Waals surface area contributed by atoms with Crippen molar-refractivity contribution in [2.75, 3.05) is 25.4 Å². The smallest absolute Gasteiger partial charge is 0.255 e. The first-order chi connectivity index (χ1) is 10.5. The van der Waals surface area contributed by atoms with Crippen LogP contribution in [0, 0.1) is 6.92 Å². The highest BCUT2D eigenvalue weighted by atomic mass is 16.3. The van der Waals surface area contributed by atoms with Gasteiger partial charge in [-0.3, -0.25) is 9.69 Å². The number of likely N-dealkylation sites (N-methyl/N-ethyl adjacent to an activating group) is 1. The van der Waals surface area contributed by atoms with Crippen molar-refractivity contribution >= 4 is 11.6 Å². The molecule has 1 fully saturated rings. The Kier molecular flexibility index (Phi) is 5.29. The maximum absolute atomic E-state index is 12.5. The van der Waals surface area contributed by atoms with Crippen LogP contribution in [0.5, 0.6) is 5.75 Å². The summed E-state index contributed by atoms with van der Waals surface area (Å²) in [6, 6.07) is 2.14. The molecule has 1 atom stereocenters. The third-order valence-electron chi connectivity index (χ3n) is 4.69. The van der Waals surface area contributed by atoms with Gasteiger partial charge in [0.1, 0.15) is 5.75 Å². The zero-order valence-corrected chi connectivity index (χ0v) is 13.8. The Balaban J connectivity index is 2.14. The van der Waals surface area contributed by atoms with Gasteiger partial charge >= 0.3 is 0 Å². The topological polar surface area (TPSA) is 78.6 Å². The van der Waals surface area contributed by atoms with Crippen molar-refractivity contribution < 1.29 is 9.90 Å². The lowest BCUT2D eigenvalue weighted by Gasteiger charge is -2.23. The summed E-state index contributed by atoms with van der Waals surface area (Å²) in [6.07, 6.45) is 2.93. The summed E-state index contributed by atoms with van der Waals surface area (Å²) in [7, 11) is 0. The maximum atomic E-state index is 12.5. The van der Waals surface area contributed by atoms with Crippen LogP contribution in [0.3, 0.4) is 0 Å². The Labute approximate surface area is 132 Å². The Bertz CT molecular complexity index is 557. The van der Waals surface area contributed by atoms with E-state index in [-0.39, 0.29) is 11.7 Å². The minimum absolute atomic E-state index is 0.0606. The fourth-order valence-corrected chi connectivity index (χ4v) is 3.24. The number of anilines is 1. The second kappa shape index (κ2) is 7.01. The van der Waals surface area contributed by atoms with Crippen LogP contribution in [0.2, 0.25) is 0 Å². The van der Waals surface area contributed by atoms with Gasteiger partial charge < -0.3 is 16.2 Å². The van der Waals surface area contributed by atoms with Crippen molar-refractivity contribution in [1.29, 1.82) is 0 Å². The monoisotopic (exact) mass is 305 g/mol. The first kappa shape index (κ1) is 16.6. The van der Waals surface area contributed by atoms with E-state index in [0.717, 1.165) is 19.5 Å². The van der Waals surface area contributed by atoms with Gasteiger partial charge in [-0.15, -0.1) is 0 Å². The molecule has 1 aromatic rings. The lowest BCUT2D eigenvalue weighted by molar-refractivity contribution is 0.0938. The molecule has 1 aliphatic rings. The second-order valence-electron chi connectivity index (χ2n) is 5.96. The van der Waals surface area contributed by atoms with E-state index in [1.165, 1.54) is 6.42 Å². The summed E-state index contributed by atoms with van der Waals surface area (Å²) >= 11 is 0. The van der Waals surface area contributed by atoms with E-state index in [4.69, 9.17) is 5.73 Å². The Morgan fingerprint density at radius 3 is 2.86 bits per heavy atom. The number of phenols is 1. The van der Waals surface area contributed by atoms with E-state index >= 15 is 0 Å². The SMILES string of the molecule is CCc1cc(N)c(C)c(C(=O)NCC2CCCN2CC)c1O. The number of nitrogen functional groups attached to an aromatic ring is 1. The number of aryl methyl sites for hydroxylation is 1. The molecule has 0 saturated carbocycles. The quantitative estimate of drug-likeness (QED) is 0.575. The summed E-state index contributed by atoms with van der Waals surface area (Å²) in [5.74, 6) is -0.176. The van der Waals surface area contributed by atoms with Gasteiger partial charge in [0.05, 0.1) is 5.56 Å². The minimum Gasteiger partial charge on any atom is -0.507 e. The highest BCUT2D eigenvalue weighted by molar-refractivity contribution is 6.00. The molecule has 0 aliphatic carbocycles. The Morgan fingerprint density at radius 2 is 2.23 bits per heavy atom. The fourth-order valence-electron chi connectivity index (χ4n) is 3.24. The van der Waals surface area contributed by atoms with Crippen molar-refractivity contribution in [3.05, 3.63) is 22.8 Å². The Morgan fingerprint density at radius 1 is 1.50 bits per heavy atom. The van der Waals surface area contributed by atoms with Gasteiger partial charge in [0.25, 0.3) is 5.91 Å². The van der Waals surface area contributed by atoms with Crippen LogP contribution in [0.25, 0.3) is 0 Å². The minimum atomic E-state index is -0.236. The van der Waals surface area contributed by atoms with E-state index in [2.05, 4.69) is 17.1 Å². The zero-order valence-electron chi connectivity index (χ0n) is 13.8. The van der Waals surface area contributed by atoms with Crippen LogP contribution in [0.15, 0.2) is 6.07 Å². The number of hydrogen-bond acceptors (Lipinski definition) is 4. The molecule has 5 heteroatoms. The van der Waals surface area contributed by atoms with E-state index in [1.807, 2.05) is 6.92 Å².